The molecule has 0 N–H and O–H groups in total. The molecule has 0 aromatic heterocycles. The van der Waals surface area contributed by atoms with Crippen molar-refractivity contribution in [3.05, 3.63) is 59.2 Å². The summed E-state index contributed by atoms with van der Waals surface area (Å²) in [5.41, 5.74) is 0.142. The van der Waals surface area contributed by atoms with Gasteiger partial charge in [-0.1, -0.05) is 6.58 Å². The molecule has 3 rings (SSSR count). The lowest BCUT2D eigenvalue weighted by Crippen LogP contribution is -2.40. The van der Waals surface area contributed by atoms with Crippen molar-refractivity contribution in [2.45, 2.75) is 25.7 Å². The number of carbonyl (C=O) groups is 3. The van der Waals surface area contributed by atoms with Gasteiger partial charge in [-0.3, -0.25) is 9.59 Å². The zero-order chi connectivity index (χ0) is 20.5. The minimum atomic E-state index is -4.03. The van der Waals surface area contributed by atoms with Crippen molar-refractivity contribution in [1.29, 1.82) is 0 Å². The van der Waals surface area contributed by atoms with E-state index in [4.69, 9.17) is 0 Å². The molecule has 27 heavy (non-hydrogen) atoms. The lowest BCUT2D eigenvalue weighted by molar-refractivity contribution is -0.136. The first-order chi connectivity index (χ1) is 12.5. The Bertz CT molecular complexity index is 1010. The molecule has 0 aliphatic carbocycles. The Morgan fingerprint density at radius 3 is 2.07 bits per heavy atom. The molecule has 2 aliphatic rings. The quantitative estimate of drug-likeness (QED) is 0.435. The predicted molar refractivity (Wildman–Crippen MR) is 99.4 cm³/mol. The number of benzene rings is 1. The van der Waals surface area contributed by atoms with Crippen LogP contribution in [0.2, 0.25) is 0 Å². The topological polar surface area (TPSA) is 97.8 Å². The molecule has 2 heterocycles. The molecule has 1 aromatic rings. The first-order valence-electron chi connectivity index (χ1n) is 7.89. The Balaban J connectivity index is 2.63. The number of Topliss-reactive ketones (excluding diaryl/α,β-unsaturated/α-hetero) is 1. The van der Waals surface area contributed by atoms with E-state index in [9.17, 15) is 22.8 Å². The van der Waals surface area contributed by atoms with Gasteiger partial charge < -0.3 is 4.74 Å². The van der Waals surface area contributed by atoms with Crippen molar-refractivity contribution < 1.29 is 27.5 Å². The zero-order valence-electron chi connectivity index (χ0n) is 15.4. The molecule has 0 radical (unpaired) electrons. The molecule has 0 saturated heterocycles. The molecule has 0 spiro atoms. The molecule has 142 valence electrons. The van der Waals surface area contributed by atoms with E-state index in [1.54, 1.807) is 0 Å². The van der Waals surface area contributed by atoms with E-state index in [1.165, 1.54) is 58.2 Å². The molecule has 0 fully saturated rings. The van der Waals surface area contributed by atoms with Gasteiger partial charge in [-0.25, -0.2) is 13.2 Å². The van der Waals surface area contributed by atoms with E-state index in [-0.39, 0.29) is 32.9 Å². The number of ketones is 1. The number of ether oxygens (including phenoxy) is 1. The highest BCUT2D eigenvalue weighted by molar-refractivity contribution is 7.93. The summed E-state index contributed by atoms with van der Waals surface area (Å²) in [4.78, 5) is 37.1. The van der Waals surface area contributed by atoms with Crippen LogP contribution in [-0.4, -0.2) is 33.2 Å². The van der Waals surface area contributed by atoms with Gasteiger partial charge in [0.15, 0.2) is 5.78 Å². The van der Waals surface area contributed by atoms with E-state index in [1.807, 2.05) is 0 Å². The summed E-state index contributed by atoms with van der Waals surface area (Å²) in [5, 5.41) is 0. The number of amides is 1. The number of carbonyl (C=O) groups excluding carboxylic acids is 3. The van der Waals surface area contributed by atoms with Gasteiger partial charge in [0.1, 0.15) is 0 Å². The van der Waals surface area contributed by atoms with Gasteiger partial charge in [0.25, 0.3) is 15.9 Å². The third-order valence-corrected chi connectivity index (χ3v) is 5.74. The van der Waals surface area contributed by atoms with Crippen molar-refractivity contribution in [2.24, 2.45) is 0 Å². The summed E-state index contributed by atoms with van der Waals surface area (Å²) >= 11 is 0. The maximum Gasteiger partial charge on any atom is 0.333 e. The van der Waals surface area contributed by atoms with E-state index in [2.05, 4.69) is 11.3 Å². The second kappa shape index (κ2) is 7.32. The van der Waals surface area contributed by atoms with E-state index in [0.29, 0.717) is 4.31 Å². The van der Waals surface area contributed by atoms with Crippen LogP contribution in [0.5, 0.6) is 0 Å². The van der Waals surface area contributed by atoms with Crippen LogP contribution in [0, 0.1) is 0 Å². The summed E-state index contributed by atoms with van der Waals surface area (Å²) in [7, 11) is -2.84. The number of hydrogen-bond acceptors (Lipinski definition) is 6. The minimum Gasteiger partial charge on any atom is -0.466 e. The number of sulfonamides is 1. The molecular weight excluding hydrogens is 370 g/mol. The van der Waals surface area contributed by atoms with Crippen LogP contribution in [0.25, 0.3) is 0 Å². The third kappa shape index (κ3) is 3.61. The highest BCUT2D eigenvalue weighted by Gasteiger charge is 2.36. The second-order valence-electron chi connectivity index (χ2n) is 6.04. The monoisotopic (exact) mass is 389 g/mol. The molecule has 7 nitrogen and oxygen atoms in total. The zero-order valence-corrected chi connectivity index (χ0v) is 16.2. The summed E-state index contributed by atoms with van der Waals surface area (Å²) in [6.45, 7) is 7.77. The van der Waals surface area contributed by atoms with Crippen LogP contribution in [0.3, 0.4) is 0 Å². The predicted octanol–water partition coefficient (Wildman–Crippen LogP) is 2.30. The Morgan fingerprint density at radius 2 is 1.63 bits per heavy atom. The summed E-state index contributed by atoms with van der Waals surface area (Å²) in [6.07, 6.45) is 1.20. The van der Waals surface area contributed by atoms with Gasteiger partial charge in [0.2, 0.25) is 0 Å². The van der Waals surface area contributed by atoms with Gasteiger partial charge in [-0.15, -0.1) is 0 Å². The molecule has 1 amide bonds. The van der Waals surface area contributed by atoms with Gasteiger partial charge in [-0.2, -0.15) is 4.31 Å². The summed E-state index contributed by atoms with van der Waals surface area (Å²) < 4.78 is 30.4. The lowest BCUT2D eigenvalue weighted by Gasteiger charge is -2.27. The van der Waals surface area contributed by atoms with Crippen molar-refractivity contribution in [3.63, 3.8) is 0 Å². The summed E-state index contributed by atoms with van der Waals surface area (Å²) in [5.74, 6) is -2.13. The number of esters is 1. The van der Waals surface area contributed by atoms with Gasteiger partial charge >= 0.3 is 5.97 Å². The van der Waals surface area contributed by atoms with Gasteiger partial charge in [0, 0.05) is 16.7 Å². The fraction of sp³-hybridized carbons (Fsp3) is 0.211. The first kappa shape index (κ1) is 20.3. The van der Waals surface area contributed by atoms with E-state index in [0.717, 1.165) is 0 Å². The van der Waals surface area contributed by atoms with Crippen LogP contribution in [0.1, 0.15) is 20.8 Å². The first-order valence-corrected chi connectivity index (χ1v) is 9.33. The number of nitrogens with zero attached hydrogens (tertiary/aromatic N) is 1. The third-order valence-electron chi connectivity index (χ3n) is 4.02. The fourth-order valence-electron chi connectivity index (χ4n) is 2.50. The Morgan fingerprint density at radius 1 is 1.07 bits per heavy atom. The van der Waals surface area contributed by atoms with Crippen molar-refractivity contribution >= 4 is 33.4 Å². The molecule has 1 aromatic carbocycles. The van der Waals surface area contributed by atoms with E-state index < -0.39 is 27.7 Å². The molecule has 0 saturated carbocycles. The molecule has 0 atom stereocenters. The molecule has 8 heteroatoms. The van der Waals surface area contributed by atoms with Crippen molar-refractivity contribution in [2.75, 3.05) is 11.4 Å². The van der Waals surface area contributed by atoms with Gasteiger partial charge in [-0.05, 0) is 56.7 Å². The molecule has 2 bridgehead atoms. The van der Waals surface area contributed by atoms with Crippen LogP contribution >= 0.6 is 0 Å². The largest absolute Gasteiger partial charge is 0.466 e. The lowest BCUT2D eigenvalue weighted by atomic mass is 9.98. The highest BCUT2D eigenvalue weighted by Crippen LogP contribution is 2.32. The summed E-state index contributed by atoms with van der Waals surface area (Å²) in [6, 6.07) is 5.79. The number of allylic oxidation sites excluding steroid dienone is 3. The maximum atomic E-state index is 13.0. The van der Waals surface area contributed by atoms with Crippen molar-refractivity contribution in [3.8, 4) is 0 Å². The SMILES string of the molecule is C=C(C)C(=O)C(/C=C(\C)C(=O)OC)=C(\C)C(=O)N1c2ccc(cc2)S1(=O)=O. The normalized spacial score (nSPS) is 15.9. The fourth-order valence-corrected chi connectivity index (χ4v) is 3.95. The Labute approximate surface area is 157 Å². The van der Waals surface area contributed by atoms with Crippen LogP contribution in [-0.2, 0) is 29.1 Å². The molecule has 0 unspecified atom stereocenters. The van der Waals surface area contributed by atoms with Crippen LogP contribution in [0.15, 0.2) is 64.1 Å². The number of hydrogen-bond donors (Lipinski definition) is 0. The van der Waals surface area contributed by atoms with Crippen molar-refractivity contribution in [1.82, 2.24) is 0 Å². The average molecular weight is 389 g/mol. The standard InChI is InChI=1S/C19H19NO6S/c1-11(2)17(21)16(10-12(3)19(23)26-5)13(4)18(22)20-14-6-8-15(9-7-14)27(20,24)25/h6-10H,1H2,2-5H3/b12-10+,16-13+. The van der Waals surface area contributed by atoms with E-state index >= 15 is 0 Å². The maximum absolute atomic E-state index is 13.0. The second-order valence-corrected chi connectivity index (χ2v) is 7.82. The minimum absolute atomic E-state index is 0.0206. The number of rotatable bonds is 5. The van der Waals surface area contributed by atoms with Gasteiger partial charge in [0.05, 0.1) is 17.7 Å². The number of anilines is 1. The Kier molecular flexibility index (Phi) is 5.51. The molecule has 2 aliphatic heterocycles. The molecular formula is C19H19NO6S. The number of methoxy groups -OCH3 is 1. The van der Waals surface area contributed by atoms with Crippen LogP contribution < -0.4 is 4.31 Å². The average Bonchev–Trinajstić information content (AvgIpc) is 2.63. The highest BCUT2D eigenvalue weighted by atomic mass is 32.2. The van der Waals surface area contributed by atoms with Crippen LogP contribution in [0.4, 0.5) is 5.69 Å². The Hall–Kier alpha value is -3.00. The smallest absolute Gasteiger partial charge is 0.333 e. The number of fused-ring (bicyclic) bond motifs is 3.